The van der Waals surface area contributed by atoms with Crippen LogP contribution in [0.2, 0.25) is 0 Å². The van der Waals surface area contributed by atoms with Crippen molar-refractivity contribution in [3.8, 4) is 0 Å². The number of aliphatic hydroxyl groups excluding tert-OH is 1. The molecule has 4 heteroatoms. The van der Waals surface area contributed by atoms with Crippen LogP contribution < -0.4 is 5.32 Å². The van der Waals surface area contributed by atoms with Gasteiger partial charge in [0.25, 0.3) is 0 Å². The van der Waals surface area contributed by atoms with Crippen molar-refractivity contribution in [3.63, 3.8) is 0 Å². The van der Waals surface area contributed by atoms with Crippen LogP contribution in [0.25, 0.3) is 0 Å². The SMILES string of the molecule is CC(C)(CCO)NC(=O)CCN1CCCC1. The van der Waals surface area contributed by atoms with E-state index in [4.69, 9.17) is 5.11 Å². The Morgan fingerprint density at radius 1 is 1.38 bits per heavy atom. The summed E-state index contributed by atoms with van der Waals surface area (Å²) in [7, 11) is 0. The molecule has 1 rings (SSSR count). The molecule has 0 spiro atoms. The van der Waals surface area contributed by atoms with E-state index in [1.807, 2.05) is 13.8 Å². The molecule has 1 heterocycles. The van der Waals surface area contributed by atoms with Crippen molar-refractivity contribution >= 4 is 5.91 Å². The van der Waals surface area contributed by atoms with E-state index < -0.39 is 0 Å². The molecular formula is C12H24N2O2. The number of rotatable bonds is 6. The van der Waals surface area contributed by atoms with Crippen molar-refractivity contribution in [2.45, 2.75) is 45.1 Å². The van der Waals surface area contributed by atoms with E-state index in [2.05, 4.69) is 10.2 Å². The molecule has 0 aromatic rings. The average Bonchev–Trinajstić information content (AvgIpc) is 2.66. The highest BCUT2D eigenvalue weighted by atomic mass is 16.3. The highest BCUT2D eigenvalue weighted by Gasteiger charge is 2.20. The van der Waals surface area contributed by atoms with Gasteiger partial charge in [0.15, 0.2) is 0 Å². The fourth-order valence-electron chi connectivity index (χ4n) is 2.05. The number of hydrogen-bond donors (Lipinski definition) is 2. The highest BCUT2D eigenvalue weighted by Crippen LogP contribution is 2.09. The quantitative estimate of drug-likeness (QED) is 0.705. The lowest BCUT2D eigenvalue weighted by molar-refractivity contribution is -0.123. The van der Waals surface area contributed by atoms with Crippen molar-refractivity contribution in [1.82, 2.24) is 10.2 Å². The molecule has 1 saturated heterocycles. The van der Waals surface area contributed by atoms with Gasteiger partial charge in [0.05, 0.1) is 0 Å². The van der Waals surface area contributed by atoms with Gasteiger partial charge in [-0.3, -0.25) is 4.79 Å². The zero-order valence-corrected chi connectivity index (χ0v) is 10.5. The Labute approximate surface area is 98.0 Å². The van der Waals surface area contributed by atoms with Crippen LogP contribution in [0.4, 0.5) is 0 Å². The number of likely N-dealkylation sites (tertiary alicyclic amines) is 1. The van der Waals surface area contributed by atoms with Crippen LogP contribution in [0.1, 0.15) is 39.5 Å². The second kappa shape index (κ2) is 6.21. The van der Waals surface area contributed by atoms with Gasteiger partial charge in [0.1, 0.15) is 0 Å². The topological polar surface area (TPSA) is 52.6 Å². The molecule has 94 valence electrons. The average molecular weight is 228 g/mol. The standard InChI is InChI=1S/C12H24N2O2/c1-12(2,6-10-15)13-11(16)5-9-14-7-3-4-8-14/h15H,3-10H2,1-2H3,(H,13,16). The fourth-order valence-corrected chi connectivity index (χ4v) is 2.05. The second-order valence-corrected chi connectivity index (χ2v) is 5.20. The molecule has 1 aliphatic rings. The van der Waals surface area contributed by atoms with Crippen molar-refractivity contribution in [1.29, 1.82) is 0 Å². The predicted molar refractivity (Wildman–Crippen MR) is 64.2 cm³/mol. The largest absolute Gasteiger partial charge is 0.396 e. The van der Waals surface area contributed by atoms with E-state index in [1.54, 1.807) is 0 Å². The highest BCUT2D eigenvalue weighted by molar-refractivity contribution is 5.76. The molecule has 0 aromatic carbocycles. The molecule has 1 aliphatic heterocycles. The van der Waals surface area contributed by atoms with E-state index in [0.717, 1.165) is 19.6 Å². The van der Waals surface area contributed by atoms with E-state index in [0.29, 0.717) is 12.8 Å². The maximum absolute atomic E-state index is 11.7. The van der Waals surface area contributed by atoms with Crippen molar-refractivity contribution in [2.24, 2.45) is 0 Å². The Bertz CT molecular complexity index is 223. The molecule has 0 aliphatic carbocycles. The summed E-state index contributed by atoms with van der Waals surface area (Å²) in [6.45, 7) is 7.12. The molecule has 0 unspecified atom stereocenters. The number of aliphatic hydroxyl groups is 1. The molecule has 0 bridgehead atoms. The first-order valence-corrected chi connectivity index (χ1v) is 6.18. The lowest BCUT2D eigenvalue weighted by atomic mass is 10.0. The number of amides is 1. The molecule has 1 fully saturated rings. The molecule has 4 nitrogen and oxygen atoms in total. The first-order chi connectivity index (χ1) is 7.53. The Morgan fingerprint density at radius 2 is 2.00 bits per heavy atom. The third-order valence-electron chi connectivity index (χ3n) is 3.07. The molecule has 16 heavy (non-hydrogen) atoms. The second-order valence-electron chi connectivity index (χ2n) is 5.20. The minimum Gasteiger partial charge on any atom is -0.396 e. The van der Waals surface area contributed by atoms with Crippen molar-refractivity contribution < 1.29 is 9.90 Å². The van der Waals surface area contributed by atoms with Gasteiger partial charge in [-0.2, -0.15) is 0 Å². The summed E-state index contributed by atoms with van der Waals surface area (Å²) in [5.74, 6) is 0.0883. The monoisotopic (exact) mass is 228 g/mol. The fraction of sp³-hybridized carbons (Fsp3) is 0.917. The molecule has 2 N–H and O–H groups in total. The third kappa shape index (κ3) is 4.94. The summed E-state index contributed by atoms with van der Waals surface area (Å²) < 4.78 is 0. The van der Waals surface area contributed by atoms with Gasteiger partial charge < -0.3 is 15.3 Å². The Kier molecular flexibility index (Phi) is 5.22. The van der Waals surface area contributed by atoms with Gasteiger partial charge in [0, 0.05) is 25.1 Å². The third-order valence-corrected chi connectivity index (χ3v) is 3.07. The first-order valence-electron chi connectivity index (χ1n) is 6.18. The van der Waals surface area contributed by atoms with Crippen LogP contribution in [0.3, 0.4) is 0 Å². The Hall–Kier alpha value is -0.610. The maximum atomic E-state index is 11.7. The predicted octanol–water partition coefficient (Wildman–Crippen LogP) is 0.749. The summed E-state index contributed by atoms with van der Waals surface area (Å²) in [5.41, 5.74) is -0.295. The van der Waals surface area contributed by atoms with Crippen LogP contribution in [0.15, 0.2) is 0 Å². The normalized spacial score (nSPS) is 17.7. The van der Waals surface area contributed by atoms with Gasteiger partial charge in [-0.25, -0.2) is 0 Å². The molecule has 0 radical (unpaired) electrons. The van der Waals surface area contributed by atoms with E-state index in [1.165, 1.54) is 12.8 Å². The van der Waals surface area contributed by atoms with Gasteiger partial charge in [-0.1, -0.05) is 0 Å². The van der Waals surface area contributed by atoms with Gasteiger partial charge >= 0.3 is 0 Å². The van der Waals surface area contributed by atoms with Crippen molar-refractivity contribution in [3.05, 3.63) is 0 Å². The van der Waals surface area contributed by atoms with Gasteiger partial charge in [0.2, 0.25) is 5.91 Å². The van der Waals surface area contributed by atoms with E-state index in [9.17, 15) is 4.79 Å². The zero-order valence-electron chi connectivity index (χ0n) is 10.5. The lowest BCUT2D eigenvalue weighted by Gasteiger charge is -2.26. The lowest BCUT2D eigenvalue weighted by Crippen LogP contribution is -2.44. The molecule has 1 amide bonds. The zero-order chi connectivity index (χ0) is 12.0. The van der Waals surface area contributed by atoms with E-state index >= 15 is 0 Å². The van der Waals surface area contributed by atoms with Crippen LogP contribution in [0.5, 0.6) is 0 Å². The van der Waals surface area contributed by atoms with E-state index in [-0.39, 0.29) is 18.1 Å². The number of nitrogens with zero attached hydrogens (tertiary/aromatic N) is 1. The van der Waals surface area contributed by atoms with Crippen LogP contribution in [-0.4, -0.2) is 47.7 Å². The maximum Gasteiger partial charge on any atom is 0.221 e. The molecule has 0 atom stereocenters. The smallest absolute Gasteiger partial charge is 0.221 e. The molecule has 0 saturated carbocycles. The van der Waals surface area contributed by atoms with Crippen molar-refractivity contribution in [2.75, 3.05) is 26.2 Å². The minimum atomic E-state index is -0.295. The Balaban J connectivity index is 2.19. The summed E-state index contributed by atoms with van der Waals surface area (Å²) >= 11 is 0. The molecule has 0 aromatic heterocycles. The number of carbonyl (C=O) groups is 1. The summed E-state index contributed by atoms with van der Waals surface area (Å²) in [6, 6.07) is 0. The number of hydrogen-bond acceptors (Lipinski definition) is 3. The summed E-state index contributed by atoms with van der Waals surface area (Å²) in [5, 5.41) is 11.8. The van der Waals surface area contributed by atoms with Crippen LogP contribution in [0, 0.1) is 0 Å². The number of nitrogens with one attached hydrogen (secondary N) is 1. The van der Waals surface area contributed by atoms with Gasteiger partial charge in [-0.05, 0) is 46.2 Å². The summed E-state index contributed by atoms with van der Waals surface area (Å²) in [4.78, 5) is 14.0. The van der Waals surface area contributed by atoms with Gasteiger partial charge in [-0.15, -0.1) is 0 Å². The summed E-state index contributed by atoms with van der Waals surface area (Å²) in [6.07, 6.45) is 3.69. The molecular weight excluding hydrogens is 204 g/mol. The minimum absolute atomic E-state index is 0.0883. The number of carbonyl (C=O) groups excluding carboxylic acids is 1. The Morgan fingerprint density at radius 3 is 2.56 bits per heavy atom. The van der Waals surface area contributed by atoms with Crippen LogP contribution in [-0.2, 0) is 4.79 Å². The first kappa shape index (κ1) is 13.5. The van der Waals surface area contributed by atoms with Crippen LogP contribution >= 0.6 is 0 Å².